The Balaban J connectivity index is 1.72. The predicted octanol–water partition coefficient (Wildman–Crippen LogP) is 5.36. The lowest BCUT2D eigenvalue weighted by molar-refractivity contribution is -0.118. The van der Waals surface area contributed by atoms with Crippen molar-refractivity contribution < 1.29 is 19.0 Å². The van der Waals surface area contributed by atoms with Crippen molar-refractivity contribution in [1.82, 2.24) is 9.97 Å². The second-order valence-corrected chi connectivity index (χ2v) is 7.95. The molecule has 0 aliphatic rings. The van der Waals surface area contributed by atoms with Crippen molar-refractivity contribution in [3.05, 3.63) is 75.5 Å². The fourth-order valence-electron chi connectivity index (χ4n) is 3.05. The quantitative estimate of drug-likeness (QED) is 0.492. The Morgan fingerprint density at radius 2 is 1.84 bits per heavy atom. The summed E-state index contributed by atoms with van der Waals surface area (Å²) in [4.78, 5) is 19.6. The maximum Gasteiger partial charge on any atom is 0.262 e. The molecule has 0 aliphatic heterocycles. The highest BCUT2D eigenvalue weighted by molar-refractivity contribution is 6.36. The van der Waals surface area contributed by atoms with Gasteiger partial charge >= 0.3 is 0 Å². The molecule has 2 aromatic carbocycles. The van der Waals surface area contributed by atoms with Crippen LogP contribution in [-0.4, -0.2) is 27.6 Å². The maximum absolute atomic E-state index is 14.9. The van der Waals surface area contributed by atoms with Crippen LogP contribution in [0, 0.1) is 5.82 Å². The number of hydrogen-bond acceptors (Lipinski definition) is 5. The summed E-state index contributed by atoms with van der Waals surface area (Å²) >= 11 is 12.7. The summed E-state index contributed by atoms with van der Waals surface area (Å²) in [5, 5.41) is 13.1. The highest BCUT2D eigenvalue weighted by Crippen LogP contribution is 2.35. The number of aromatic hydroxyl groups is 1. The van der Waals surface area contributed by atoms with Crippen LogP contribution < -0.4 is 10.1 Å². The van der Waals surface area contributed by atoms with Gasteiger partial charge in [-0.1, -0.05) is 43.1 Å². The van der Waals surface area contributed by atoms with Crippen molar-refractivity contribution in [2.45, 2.75) is 26.2 Å². The zero-order valence-electron chi connectivity index (χ0n) is 16.8. The van der Waals surface area contributed by atoms with Crippen molar-refractivity contribution in [3.63, 3.8) is 0 Å². The molecule has 31 heavy (non-hydrogen) atoms. The minimum Gasteiger partial charge on any atom is -0.508 e. The van der Waals surface area contributed by atoms with Gasteiger partial charge in [-0.05, 0) is 35.2 Å². The van der Waals surface area contributed by atoms with E-state index in [1.54, 1.807) is 13.8 Å². The van der Waals surface area contributed by atoms with Gasteiger partial charge in [0.05, 0.1) is 18.1 Å². The summed E-state index contributed by atoms with van der Waals surface area (Å²) in [7, 11) is 0. The molecule has 0 radical (unpaired) electrons. The highest BCUT2D eigenvalue weighted by atomic mass is 35.5. The van der Waals surface area contributed by atoms with Crippen LogP contribution in [0.3, 0.4) is 0 Å². The Morgan fingerprint density at radius 3 is 2.45 bits per heavy atom. The number of rotatable bonds is 7. The van der Waals surface area contributed by atoms with E-state index in [1.165, 1.54) is 43.0 Å². The number of phenols is 1. The molecule has 0 atom stereocenters. The van der Waals surface area contributed by atoms with E-state index in [2.05, 4.69) is 15.3 Å². The number of nitrogens with zero attached hydrogens (tertiary/aromatic N) is 2. The molecule has 3 rings (SSSR count). The molecule has 0 fully saturated rings. The van der Waals surface area contributed by atoms with E-state index in [9.17, 15) is 14.3 Å². The Hall–Kier alpha value is -2.90. The Bertz CT molecular complexity index is 1070. The summed E-state index contributed by atoms with van der Waals surface area (Å²) in [6, 6.07) is 6.00. The second kappa shape index (κ2) is 9.94. The molecule has 162 valence electrons. The standard InChI is InChI=1S/C22H20Cl2FN3O3/c1-12(2)21-19(29)4-3-13(22(21)25)5-16-17(23)6-15(7-18(16)24)31-10-20(30)28-14-8-26-11-27-9-14/h3-4,6-9,11-12,29H,5,10H2,1-2H3,(H,28,30). The number of aromatic nitrogens is 2. The monoisotopic (exact) mass is 463 g/mol. The molecule has 6 nitrogen and oxygen atoms in total. The van der Waals surface area contributed by atoms with Gasteiger partial charge in [-0.2, -0.15) is 0 Å². The average Bonchev–Trinajstić information content (AvgIpc) is 2.71. The molecule has 0 aliphatic carbocycles. The van der Waals surface area contributed by atoms with Gasteiger partial charge in [0.2, 0.25) is 0 Å². The minimum atomic E-state index is -0.482. The number of halogens is 3. The third-order valence-electron chi connectivity index (χ3n) is 4.51. The Morgan fingerprint density at radius 1 is 1.19 bits per heavy atom. The van der Waals surface area contributed by atoms with Gasteiger partial charge in [0.15, 0.2) is 6.61 Å². The van der Waals surface area contributed by atoms with Crippen molar-refractivity contribution in [3.8, 4) is 11.5 Å². The van der Waals surface area contributed by atoms with Crippen LogP contribution in [0.5, 0.6) is 11.5 Å². The summed E-state index contributed by atoms with van der Waals surface area (Å²) in [6.45, 7) is 3.33. The van der Waals surface area contributed by atoms with Crippen LogP contribution in [0.1, 0.15) is 36.5 Å². The van der Waals surface area contributed by atoms with Gasteiger partial charge in [-0.15, -0.1) is 0 Å². The summed E-state index contributed by atoms with van der Waals surface area (Å²) in [5.74, 6) is -0.859. The first-order chi connectivity index (χ1) is 14.8. The van der Waals surface area contributed by atoms with Crippen LogP contribution in [0.25, 0.3) is 0 Å². The number of carbonyl (C=O) groups excluding carboxylic acids is 1. The first-order valence-corrected chi connectivity index (χ1v) is 10.2. The van der Waals surface area contributed by atoms with E-state index in [0.717, 1.165) is 0 Å². The van der Waals surface area contributed by atoms with Crippen LogP contribution in [0.4, 0.5) is 10.1 Å². The molecule has 0 saturated heterocycles. The maximum atomic E-state index is 14.9. The van der Waals surface area contributed by atoms with E-state index < -0.39 is 11.7 Å². The number of ether oxygens (including phenoxy) is 1. The third kappa shape index (κ3) is 5.62. The molecule has 0 saturated carbocycles. The van der Waals surface area contributed by atoms with Crippen molar-refractivity contribution in [1.29, 1.82) is 0 Å². The number of benzene rings is 2. The predicted molar refractivity (Wildman–Crippen MR) is 118 cm³/mol. The van der Waals surface area contributed by atoms with Crippen LogP contribution in [-0.2, 0) is 11.2 Å². The van der Waals surface area contributed by atoms with Gasteiger partial charge in [0, 0.05) is 22.0 Å². The van der Waals surface area contributed by atoms with Gasteiger partial charge in [-0.25, -0.2) is 14.4 Å². The second-order valence-electron chi connectivity index (χ2n) is 7.13. The molecule has 2 N–H and O–H groups in total. The molecule has 1 amide bonds. The normalized spacial score (nSPS) is 10.9. The lowest BCUT2D eigenvalue weighted by Gasteiger charge is -2.15. The summed E-state index contributed by atoms with van der Waals surface area (Å²) in [5.41, 5.74) is 1.57. The number of carbonyl (C=O) groups is 1. The lowest BCUT2D eigenvalue weighted by Crippen LogP contribution is -2.20. The molecule has 0 spiro atoms. The topological polar surface area (TPSA) is 84.3 Å². The summed E-state index contributed by atoms with van der Waals surface area (Å²) in [6.07, 6.45) is 4.41. The van der Waals surface area contributed by atoms with Gasteiger partial charge in [-0.3, -0.25) is 4.79 Å². The molecule has 3 aromatic rings. The fraction of sp³-hybridized carbons (Fsp3) is 0.227. The molecule has 0 unspecified atom stereocenters. The molecular formula is C22H20Cl2FN3O3. The zero-order chi connectivity index (χ0) is 22.5. The minimum absolute atomic E-state index is 0.0856. The third-order valence-corrected chi connectivity index (χ3v) is 5.18. The van der Waals surface area contributed by atoms with E-state index in [0.29, 0.717) is 22.6 Å². The first kappa shape index (κ1) is 22.8. The molecule has 1 heterocycles. The van der Waals surface area contributed by atoms with E-state index >= 15 is 0 Å². The Kier molecular flexibility index (Phi) is 7.30. The van der Waals surface area contributed by atoms with E-state index in [4.69, 9.17) is 27.9 Å². The van der Waals surface area contributed by atoms with Gasteiger partial charge < -0.3 is 15.2 Å². The Labute approximate surface area is 189 Å². The SMILES string of the molecule is CC(C)c1c(O)ccc(Cc2c(Cl)cc(OCC(=O)Nc3cncnc3)cc2Cl)c1F. The van der Waals surface area contributed by atoms with Crippen molar-refractivity contribution >= 4 is 34.8 Å². The number of anilines is 1. The first-order valence-electron chi connectivity index (χ1n) is 9.42. The van der Waals surface area contributed by atoms with Crippen molar-refractivity contribution in [2.75, 3.05) is 11.9 Å². The van der Waals surface area contributed by atoms with E-state index in [1.807, 2.05) is 0 Å². The largest absolute Gasteiger partial charge is 0.508 e. The number of phenolic OH excluding ortho intramolecular Hbond substituents is 1. The van der Waals surface area contributed by atoms with Crippen molar-refractivity contribution in [2.24, 2.45) is 0 Å². The number of nitrogens with one attached hydrogen (secondary N) is 1. The fourth-order valence-corrected chi connectivity index (χ4v) is 3.65. The van der Waals surface area contributed by atoms with Crippen LogP contribution in [0.2, 0.25) is 10.0 Å². The van der Waals surface area contributed by atoms with Gasteiger partial charge in [0.1, 0.15) is 23.6 Å². The average molecular weight is 464 g/mol. The van der Waals surface area contributed by atoms with Gasteiger partial charge in [0.25, 0.3) is 5.91 Å². The lowest BCUT2D eigenvalue weighted by atomic mass is 9.95. The van der Waals surface area contributed by atoms with Crippen LogP contribution >= 0.6 is 23.2 Å². The molecule has 9 heteroatoms. The molecule has 1 aromatic heterocycles. The zero-order valence-corrected chi connectivity index (χ0v) is 18.3. The number of hydrogen-bond donors (Lipinski definition) is 2. The molecular weight excluding hydrogens is 444 g/mol. The highest BCUT2D eigenvalue weighted by Gasteiger charge is 2.19. The van der Waals surface area contributed by atoms with Crippen LogP contribution in [0.15, 0.2) is 43.0 Å². The summed E-state index contributed by atoms with van der Waals surface area (Å²) < 4.78 is 20.3. The smallest absolute Gasteiger partial charge is 0.262 e. The van der Waals surface area contributed by atoms with E-state index in [-0.39, 0.29) is 40.3 Å². The molecule has 0 bridgehead atoms. The number of amides is 1.